The summed E-state index contributed by atoms with van der Waals surface area (Å²) in [6, 6.07) is 12.7. The SMILES string of the molecule is CCCCCCCCCCCCCCCCOc1ccc(N=Nc2ccc(S(=O)(=O)[O-])cc2)cc1.[Na+]. The number of hydrogen-bond donors (Lipinski definition) is 0. The van der Waals surface area contributed by atoms with Gasteiger partial charge >= 0.3 is 29.6 Å². The Labute approximate surface area is 240 Å². The predicted octanol–water partition coefficient (Wildman–Crippen LogP) is 5.87. The molecule has 0 N–H and O–H groups in total. The van der Waals surface area contributed by atoms with Gasteiger partial charge in [-0.05, 0) is 55.0 Å². The first kappa shape index (κ1) is 32.8. The molecule has 0 spiro atoms. The Kier molecular flexibility index (Phi) is 18.0. The van der Waals surface area contributed by atoms with E-state index in [2.05, 4.69) is 17.2 Å². The second-order valence-corrected chi connectivity index (χ2v) is 10.5. The largest absolute Gasteiger partial charge is 1.00 e. The van der Waals surface area contributed by atoms with Gasteiger partial charge in [-0.3, -0.25) is 0 Å². The Morgan fingerprint density at radius 1 is 0.639 bits per heavy atom. The molecule has 0 unspecified atom stereocenters. The van der Waals surface area contributed by atoms with Crippen molar-refractivity contribution in [1.82, 2.24) is 0 Å². The summed E-state index contributed by atoms with van der Waals surface area (Å²) in [4.78, 5) is -0.281. The Balaban J connectivity index is 0.00000648. The first-order valence-corrected chi connectivity index (χ1v) is 14.6. The third-order valence-electron chi connectivity index (χ3n) is 6.01. The molecule has 0 saturated carbocycles. The van der Waals surface area contributed by atoms with E-state index in [1.165, 1.54) is 108 Å². The number of benzene rings is 2. The van der Waals surface area contributed by atoms with E-state index in [9.17, 15) is 13.0 Å². The van der Waals surface area contributed by atoms with Gasteiger partial charge in [0.15, 0.2) is 0 Å². The van der Waals surface area contributed by atoms with E-state index in [0.29, 0.717) is 18.0 Å². The molecule has 0 aromatic heterocycles. The van der Waals surface area contributed by atoms with E-state index in [4.69, 9.17) is 4.74 Å². The van der Waals surface area contributed by atoms with Crippen molar-refractivity contribution < 1.29 is 47.3 Å². The molecule has 194 valence electrons. The maximum absolute atomic E-state index is 11.0. The maximum Gasteiger partial charge on any atom is 1.00 e. The zero-order valence-electron chi connectivity index (χ0n) is 22.2. The molecule has 0 radical (unpaired) electrons. The van der Waals surface area contributed by atoms with Gasteiger partial charge < -0.3 is 9.29 Å². The van der Waals surface area contributed by atoms with Crippen molar-refractivity contribution in [2.75, 3.05) is 6.61 Å². The maximum atomic E-state index is 11.0. The van der Waals surface area contributed by atoms with Gasteiger partial charge in [0, 0.05) is 0 Å². The topological polar surface area (TPSA) is 91.2 Å². The van der Waals surface area contributed by atoms with Crippen molar-refractivity contribution in [3.05, 3.63) is 48.5 Å². The van der Waals surface area contributed by atoms with Gasteiger partial charge in [-0.15, -0.1) is 0 Å². The summed E-state index contributed by atoms with van der Waals surface area (Å²) >= 11 is 0. The van der Waals surface area contributed by atoms with Crippen molar-refractivity contribution in [2.45, 2.75) is 102 Å². The Morgan fingerprint density at radius 3 is 1.44 bits per heavy atom. The number of ether oxygens (including phenoxy) is 1. The molecular formula is C28H41N2NaO4S. The van der Waals surface area contributed by atoms with Crippen LogP contribution in [0.1, 0.15) is 96.8 Å². The fraction of sp³-hybridized carbons (Fsp3) is 0.571. The van der Waals surface area contributed by atoms with Crippen LogP contribution in [0.2, 0.25) is 0 Å². The number of azo groups is 1. The minimum atomic E-state index is -4.45. The fourth-order valence-electron chi connectivity index (χ4n) is 3.89. The Hall–Kier alpha value is -1.25. The van der Waals surface area contributed by atoms with E-state index in [-0.39, 0.29) is 34.5 Å². The monoisotopic (exact) mass is 524 g/mol. The molecule has 0 bridgehead atoms. The van der Waals surface area contributed by atoms with Crippen LogP contribution in [0.25, 0.3) is 0 Å². The van der Waals surface area contributed by atoms with Crippen LogP contribution >= 0.6 is 0 Å². The first-order valence-electron chi connectivity index (χ1n) is 13.2. The molecule has 0 aliphatic rings. The van der Waals surface area contributed by atoms with Crippen LogP contribution in [0.3, 0.4) is 0 Å². The second-order valence-electron chi connectivity index (χ2n) is 9.09. The molecule has 36 heavy (non-hydrogen) atoms. The van der Waals surface area contributed by atoms with Crippen LogP contribution in [0.4, 0.5) is 11.4 Å². The van der Waals surface area contributed by atoms with E-state index in [0.717, 1.165) is 12.2 Å². The molecule has 0 saturated heterocycles. The van der Waals surface area contributed by atoms with E-state index < -0.39 is 10.1 Å². The molecule has 0 atom stereocenters. The molecule has 8 heteroatoms. The summed E-state index contributed by atoms with van der Waals surface area (Å²) in [6.45, 7) is 2.99. The summed E-state index contributed by atoms with van der Waals surface area (Å²) in [6.07, 6.45) is 18.8. The van der Waals surface area contributed by atoms with E-state index in [1.807, 2.05) is 24.3 Å². The fourth-order valence-corrected chi connectivity index (χ4v) is 4.36. The summed E-state index contributed by atoms with van der Waals surface area (Å²) in [5, 5.41) is 8.19. The van der Waals surface area contributed by atoms with Crippen LogP contribution in [-0.2, 0) is 10.1 Å². The summed E-state index contributed by atoms with van der Waals surface area (Å²) < 4.78 is 38.7. The molecule has 0 heterocycles. The molecule has 0 fully saturated rings. The van der Waals surface area contributed by atoms with Crippen LogP contribution in [0.15, 0.2) is 63.7 Å². The Morgan fingerprint density at radius 2 is 1.03 bits per heavy atom. The van der Waals surface area contributed by atoms with Crippen molar-refractivity contribution in [3.8, 4) is 5.75 Å². The molecule has 2 aromatic carbocycles. The summed E-state index contributed by atoms with van der Waals surface area (Å²) in [7, 11) is -4.45. The van der Waals surface area contributed by atoms with Gasteiger partial charge in [-0.2, -0.15) is 10.2 Å². The molecule has 6 nitrogen and oxygen atoms in total. The van der Waals surface area contributed by atoms with Gasteiger partial charge in [-0.1, -0.05) is 90.4 Å². The third kappa shape index (κ3) is 15.1. The minimum Gasteiger partial charge on any atom is -0.744 e. The van der Waals surface area contributed by atoms with Gasteiger partial charge in [-0.25, -0.2) is 8.42 Å². The number of hydrogen-bond acceptors (Lipinski definition) is 6. The molecule has 0 aliphatic heterocycles. The standard InChI is InChI=1S/C28H42N2O4S.Na/c1-2-3-4-5-6-7-8-9-10-11-12-13-14-15-24-34-27-20-16-25(17-21-27)29-30-26-18-22-28(23-19-26)35(31,32)33;/h16-23H,2-15,24H2,1H3,(H,31,32,33);/q;+1/p-1. The Bertz CT molecular complexity index is 949. The average Bonchev–Trinajstić information content (AvgIpc) is 2.85. The zero-order valence-corrected chi connectivity index (χ0v) is 25.0. The van der Waals surface area contributed by atoms with E-state index >= 15 is 0 Å². The molecule has 0 amide bonds. The smallest absolute Gasteiger partial charge is 0.744 e. The van der Waals surface area contributed by atoms with Crippen molar-refractivity contribution in [3.63, 3.8) is 0 Å². The third-order valence-corrected chi connectivity index (χ3v) is 6.86. The van der Waals surface area contributed by atoms with E-state index in [1.54, 1.807) is 0 Å². The predicted molar refractivity (Wildman–Crippen MR) is 141 cm³/mol. The summed E-state index contributed by atoms with van der Waals surface area (Å²) in [5.74, 6) is 0.809. The van der Waals surface area contributed by atoms with Crippen LogP contribution in [0, 0.1) is 0 Å². The van der Waals surface area contributed by atoms with Crippen LogP contribution < -0.4 is 34.3 Å². The van der Waals surface area contributed by atoms with Crippen molar-refractivity contribution >= 4 is 21.5 Å². The number of nitrogens with zero attached hydrogens (tertiary/aromatic N) is 2. The van der Waals surface area contributed by atoms with Gasteiger partial charge in [0.1, 0.15) is 15.9 Å². The number of rotatable bonds is 19. The molecule has 2 rings (SSSR count). The zero-order chi connectivity index (χ0) is 25.2. The molecule has 2 aromatic rings. The van der Waals surface area contributed by atoms with Gasteiger partial charge in [0.05, 0.1) is 22.9 Å². The van der Waals surface area contributed by atoms with Gasteiger partial charge in [0.2, 0.25) is 0 Å². The number of unbranched alkanes of at least 4 members (excludes halogenated alkanes) is 13. The summed E-state index contributed by atoms with van der Waals surface area (Å²) in [5.41, 5.74) is 1.13. The first-order chi connectivity index (χ1) is 17.0. The van der Waals surface area contributed by atoms with Gasteiger partial charge in [0.25, 0.3) is 0 Å². The van der Waals surface area contributed by atoms with Crippen LogP contribution in [0.5, 0.6) is 5.75 Å². The van der Waals surface area contributed by atoms with Crippen molar-refractivity contribution in [1.29, 1.82) is 0 Å². The normalized spacial score (nSPS) is 11.5. The molecular weight excluding hydrogens is 483 g/mol. The average molecular weight is 525 g/mol. The second kappa shape index (κ2) is 19.8. The van der Waals surface area contributed by atoms with Crippen LogP contribution in [-0.4, -0.2) is 19.6 Å². The van der Waals surface area contributed by atoms with Crippen molar-refractivity contribution in [2.24, 2.45) is 10.2 Å². The quantitative estimate of drug-likeness (QED) is 0.0994. The molecule has 0 aliphatic carbocycles. The minimum absolute atomic E-state index is 0.